The van der Waals surface area contributed by atoms with Crippen molar-refractivity contribution in [2.75, 3.05) is 5.73 Å². The number of hydrogen-bond donors (Lipinski definition) is 2. The molecule has 0 radical (unpaired) electrons. The second-order valence-corrected chi connectivity index (χ2v) is 6.27. The summed E-state index contributed by atoms with van der Waals surface area (Å²) in [4.78, 5) is 25.8. The number of nitrogen functional groups attached to an aromatic ring is 1. The molecule has 1 aliphatic carbocycles. The molecule has 1 saturated carbocycles. The summed E-state index contributed by atoms with van der Waals surface area (Å²) in [5.74, 6) is 0.573. The van der Waals surface area contributed by atoms with Gasteiger partial charge in [-0.3, -0.25) is 9.78 Å². The molecule has 0 saturated heterocycles. The molecule has 8 heteroatoms. The van der Waals surface area contributed by atoms with Crippen molar-refractivity contribution < 1.29 is 9.13 Å². The van der Waals surface area contributed by atoms with Crippen LogP contribution in [0.15, 0.2) is 47.8 Å². The third kappa shape index (κ3) is 3.26. The van der Waals surface area contributed by atoms with E-state index in [0.717, 1.165) is 30.2 Å². The average Bonchev–Trinajstić information content (AvgIpc) is 2.58. The molecule has 2 heterocycles. The van der Waals surface area contributed by atoms with Crippen molar-refractivity contribution in [1.29, 1.82) is 0 Å². The van der Waals surface area contributed by atoms with Crippen molar-refractivity contribution in [3.8, 4) is 11.6 Å². The molecule has 3 aromatic rings. The second kappa shape index (κ2) is 6.55. The molecule has 1 fully saturated rings. The van der Waals surface area contributed by atoms with E-state index in [0.29, 0.717) is 11.7 Å². The fraction of sp³-hybridized carbons (Fsp3) is 0.222. The van der Waals surface area contributed by atoms with E-state index in [-0.39, 0.29) is 23.1 Å². The smallest absolute Gasteiger partial charge is 0.254 e. The van der Waals surface area contributed by atoms with Gasteiger partial charge in [-0.25, -0.2) is 14.4 Å². The van der Waals surface area contributed by atoms with Crippen LogP contribution in [0.4, 0.5) is 10.2 Å². The monoisotopic (exact) mass is 353 g/mol. The van der Waals surface area contributed by atoms with Crippen LogP contribution < -0.4 is 16.0 Å². The predicted molar refractivity (Wildman–Crippen MR) is 92.5 cm³/mol. The fourth-order valence-corrected chi connectivity index (χ4v) is 3.06. The van der Waals surface area contributed by atoms with Gasteiger partial charge in [0, 0.05) is 5.92 Å². The van der Waals surface area contributed by atoms with Gasteiger partial charge in [-0.2, -0.15) is 0 Å². The Morgan fingerprint density at radius 1 is 1.12 bits per heavy atom. The summed E-state index contributed by atoms with van der Waals surface area (Å²) >= 11 is 0. The van der Waals surface area contributed by atoms with E-state index in [1.54, 1.807) is 18.5 Å². The minimum Gasteiger partial charge on any atom is -0.436 e. The lowest BCUT2D eigenvalue weighted by Gasteiger charge is -2.35. The summed E-state index contributed by atoms with van der Waals surface area (Å²) in [5, 5.41) is 0. The molecule has 7 nitrogen and oxygen atoms in total. The van der Waals surface area contributed by atoms with Crippen molar-refractivity contribution in [1.82, 2.24) is 19.9 Å². The Hall–Kier alpha value is -3.29. The van der Waals surface area contributed by atoms with Crippen LogP contribution in [0.25, 0.3) is 0 Å². The first-order chi connectivity index (χ1) is 12.6. The number of anilines is 1. The van der Waals surface area contributed by atoms with Crippen LogP contribution in [0.2, 0.25) is 0 Å². The maximum Gasteiger partial charge on any atom is 0.254 e. The van der Waals surface area contributed by atoms with Gasteiger partial charge in [0.15, 0.2) is 11.6 Å². The van der Waals surface area contributed by atoms with E-state index in [4.69, 9.17) is 10.5 Å². The Kier molecular flexibility index (Phi) is 4.08. The first-order valence-corrected chi connectivity index (χ1v) is 8.18. The molecule has 0 unspecified atom stereocenters. The highest BCUT2D eigenvalue weighted by molar-refractivity contribution is 5.35. The quantitative estimate of drug-likeness (QED) is 0.747. The number of hydrogen-bond acceptors (Lipinski definition) is 6. The van der Waals surface area contributed by atoms with Crippen molar-refractivity contribution in [2.45, 2.75) is 24.7 Å². The first-order valence-electron chi connectivity index (χ1n) is 8.18. The molecule has 0 amide bonds. The Labute approximate surface area is 148 Å². The van der Waals surface area contributed by atoms with Crippen molar-refractivity contribution >= 4 is 5.82 Å². The Bertz CT molecular complexity index is 983. The molecule has 0 spiro atoms. The van der Waals surface area contributed by atoms with Crippen LogP contribution in [0.3, 0.4) is 0 Å². The minimum atomic E-state index is -0.486. The van der Waals surface area contributed by atoms with Gasteiger partial charge in [-0.05, 0) is 36.5 Å². The molecular formula is C18H16FN5O2. The highest BCUT2D eigenvalue weighted by Crippen LogP contribution is 2.47. The number of benzene rings is 1. The highest BCUT2D eigenvalue weighted by Gasteiger charge is 2.33. The largest absolute Gasteiger partial charge is 0.436 e. The summed E-state index contributed by atoms with van der Waals surface area (Å²) in [6, 6.07) is 6.03. The summed E-state index contributed by atoms with van der Waals surface area (Å²) in [6.07, 6.45) is 6.22. The normalized spacial score (nSPS) is 19.0. The third-order valence-corrected chi connectivity index (χ3v) is 4.54. The van der Waals surface area contributed by atoms with E-state index in [2.05, 4.69) is 19.9 Å². The number of H-pyrrole nitrogens is 1. The molecule has 1 aromatic carbocycles. The van der Waals surface area contributed by atoms with E-state index >= 15 is 0 Å². The van der Waals surface area contributed by atoms with Crippen molar-refractivity contribution in [3.63, 3.8) is 0 Å². The van der Waals surface area contributed by atoms with Crippen LogP contribution in [0, 0.1) is 5.82 Å². The summed E-state index contributed by atoms with van der Waals surface area (Å²) < 4.78 is 19.7. The van der Waals surface area contributed by atoms with Crippen LogP contribution in [0.5, 0.6) is 11.6 Å². The van der Waals surface area contributed by atoms with E-state index in [1.807, 2.05) is 6.07 Å². The molecule has 4 rings (SSSR count). The van der Waals surface area contributed by atoms with Crippen LogP contribution >= 0.6 is 0 Å². The molecule has 132 valence electrons. The average molecular weight is 353 g/mol. The van der Waals surface area contributed by atoms with Gasteiger partial charge in [0.25, 0.3) is 5.56 Å². The molecule has 2 aromatic heterocycles. The lowest BCUT2D eigenvalue weighted by atomic mass is 9.70. The molecule has 0 atom stereocenters. The van der Waals surface area contributed by atoms with Gasteiger partial charge in [-0.15, -0.1) is 0 Å². The topological polar surface area (TPSA) is 107 Å². The van der Waals surface area contributed by atoms with Gasteiger partial charge in [0.1, 0.15) is 5.82 Å². The Morgan fingerprint density at radius 3 is 2.65 bits per heavy atom. The molecule has 3 N–H and O–H groups in total. The molecule has 26 heavy (non-hydrogen) atoms. The number of ether oxygens (including phenoxy) is 1. The SMILES string of the molecule is Nc1cnc(C2CC(c3ccc(Oc4cc(=O)[nH]cn4)c(F)c3)C2)cn1. The summed E-state index contributed by atoms with van der Waals surface area (Å²) in [7, 11) is 0. The number of halogens is 1. The zero-order chi connectivity index (χ0) is 18.1. The molecule has 0 bridgehead atoms. The van der Waals surface area contributed by atoms with Gasteiger partial charge in [0.2, 0.25) is 5.88 Å². The lowest BCUT2D eigenvalue weighted by Crippen LogP contribution is -2.21. The minimum absolute atomic E-state index is 0.0344. The van der Waals surface area contributed by atoms with Crippen LogP contribution in [0.1, 0.15) is 35.9 Å². The van der Waals surface area contributed by atoms with Gasteiger partial charge < -0.3 is 15.5 Å². The molecule has 0 aliphatic heterocycles. The van der Waals surface area contributed by atoms with Crippen LogP contribution in [-0.2, 0) is 0 Å². The number of nitrogens with one attached hydrogen (secondary N) is 1. The second-order valence-electron chi connectivity index (χ2n) is 6.27. The molecule has 1 aliphatic rings. The lowest BCUT2D eigenvalue weighted by molar-refractivity contribution is 0.342. The number of aromatic amines is 1. The molecular weight excluding hydrogens is 337 g/mol. The zero-order valence-electron chi connectivity index (χ0n) is 13.7. The van der Waals surface area contributed by atoms with Crippen LogP contribution in [-0.4, -0.2) is 19.9 Å². The Balaban J connectivity index is 1.44. The fourth-order valence-electron chi connectivity index (χ4n) is 3.06. The van der Waals surface area contributed by atoms with Crippen molar-refractivity contribution in [2.24, 2.45) is 0 Å². The predicted octanol–water partition coefficient (Wildman–Crippen LogP) is 2.73. The number of rotatable bonds is 4. The number of aromatic nitrogens is 4. The standard InChI is InChI=1S/C18H16FN5O2/c19-13-5-10(1-2-15(13)26-18-6-17(25)23-9-24-18)11-3-12(4-11)14-7-22-16(20)8-21-14/h1-2,5-9,11-12H,3-4H2,(H2,20,22)(H,23,24,25). The van der Waals surface area contributed by atoms with E-state index in [9.17, 15) is 9.18 Å². The first kappa shape index (κ1) is 16.2. The highest BCUT2D eigenvalue weighted by atomic mass is 19.1. The van der Waals surface area contributed by atoms with E-state index < -0.39 is 5.82 Å². The van der Waals surface area contributed by atoms with E-state index in [1.165, 1.54) is 12.4 Å². The van der Waals surface area contributed by atoms with Gasteiger partial charge in [0.05, 0.1) is 30.5 Å². The number of nitrogens with two attached hydrogens (primary N) is 1. The summed E-state index contributed by atoms with van der Waals surface area (Å²) in [5.41, 5.74) is 7.01. The van der Waals surface area contributed by atoms with Gasteiger partial charge >= 0.3 is 0 Å². The van der Waals surface area contributed by atoms with Gasteiger partial charge in [-0.1, -0.05) is 6.07 Å². The summed E-state index contributed by atoms with van der Waals surface area (Å²) in [6.45, 7) is 0. The maximum absolute atomic E-state index is 14.3. The number of nitrogens with zero attached hydrogens (tertiary/aromatic N) is 3. The maximum atomic E-state index is 14.3. The van der Waals surface area contributed by atoms with Crippen molar-refractivity contribution in [3.05, 3.63) is 70.4 Å². The Morgan fingerprint density at radius 2 is 1.96 bits per heavy atom. The third-order valence-electron chi connectivity index (χ3n) is 4.54. The zero-order valence-corrected chi connectivity index (χ0v) is 13.7.